The largest absolute Gasteiger partial charge is 0.496 e. The van der Waals surface area contributed by atoms with Gasteiger partial charge in [-0.3, -0.25) is 0 Å². The molecular weight excluding hydrogens is 497 g/mol. The topological polar surface area (TPSA) is 112 Å². The number of nitrogens with zero attached hydrogens (tertiary/aromatic N) is 1. The van der Waals surface area contributed by atoms with Gasteiger partial charge in [-0.15, -0.1) is 0 Å². The van der Waals surface area contributed by atoms with E-state index in [0.29, 0.717) is 38.4 Å². The average Bonchev–Trinajstić information content (AvgIpc) is 3.31. The van der Waals surface area contributed by atoms with E-state index in [2.05, 4.69) is 15.6 Å². The van der Waals surface area contributed by atoms with Gasteiger partial charge in [0.15, 0.2) is 17.7 Å². The van der Waals surface area contributed by atoms with Crippen LogP contribution in [0.4, 0.5) is 5.69 Å². The van der Waals surface area contributed by atoms with Crippen molar-refractivity contribution in [3.05, 3.63) is 76.0 Å². The quantitative estimate of drug-likeness (QED) is 0.256. The Labute approximate surface area is 211 Å². The predicted octanol–water partition coefficient (Wildman–Crippen LogP) is 4.91. The van der Waals surface area contributed by atoms with Crippen LogP contribution >= 0.6 is 23.2 Å². The number of halogens is 2. The highest BCUT2D eigenvalue weighted by Gasteiger charge is 2.41. The molecule has 3 aromatic rings. The van der Waals surface area contributed by atoms with Gasteiger partial charge in [0.25, 0.3) is 5.79 Å². The monoisotopic (exact) mass is 517 g/mol. The van der Waals surface area contributed by atoms with Gasteiger partial charge in [-0.25, -0.2) is 14.6 Å². The van der Waals surface area contributed by atoms with Gasteiger partial charge >= 0.3 is 11.9 Å². The van der Waals surface area contributed by atoms with Crippen LogP contribution in [0.1, 0.15) is 19.4 Å². The Hall–Kier alpha value is -3.69. The molecule has 0 unspecified atom stereocenters. The first-order chi connectivity index (χ1) is 16.7. The lowest BCUT2D eigenvalue weighted by molar-refractivity contribution is -0.222. The van der Waals surface area contributed by atoms with E-state index in [0.717, 1.165) is 0 Å². The average molecular weight is 518 g/mol. The van der Waals surface area contributed by atoms with Gasteiger partial charge in [0, 0.05) is 42.2 Å². The fourth-order valence-corrected chi connectivity index (χ4v) is 3.84. The van der Waals surface area contributed by atoms with Gasteiger partial charge in [0.1, 0.15) is 11.6 Å². The zero-order chi connectivity index (χ0) is 25.2. The third kappa shape index (κ3) is 5.52. The Morgan fingerprint density at radius 2 is 1.83 bits per heavy atom. The highest BCUT2D eigenvalue weighted by Crippen LogP contribution is 2.33. The first-order valence-electron chi connectivity index (χ1n) is 10.4. The smallest absolute Gasteiger partial charge is 0.352 e. The minimum absolute atomic E-state index is 0.0657. The van der Waals surface area contributed by atoms with Crippen molar-refractivity contribution in [2.75, 3.05) is 12.4 Å². The number of benzene rings is 2. The van der Waals surface area contributed by atoms with Crippen molar-refractivity contribution >= 4 is 40.8 Å². The molecule has 2 aromatic carbocycles. The molecule has 35 heavy (non-hydrogen) atoms. The van der Waals surface area contributed by atoms with E-state index in [4.69, 9.17) is 41.8 Å². The molecule has 0 atom stereocenters. The van der Waals surface area contributed by atoms with Crippen molar-refractivity contribution in [3.63, 3.8) is 0 Å². The molecule has 0 aliphatic carbocycles. The third-order valence-corrected chi connectivity index (χ3v) is 5.56. The van der Waals surface area contributed by atoms with Crippen LogP contribution in [0.5, 0.6) is 5.75 Å². The Bertz CT molecular complexity index is 1280. The van der Waals surface area contributed by atoms with Gasteiger partial charge in [-0.2, -0.15) is 0 Å². The normalized spacial score (nSPS) is 14.7. The van der Waals surface area contributed by atoms with Crippen LogP contribution < -0.4 is 15.4 Å². The van der Waals surface area contributed by atoms with Crippen molar-refractivity contribution in [1.82, 2.24) is 10.3 Å². The molecule has 1 saturated heterocycles. The standard InChI is InChI=1S/C24H21Cl2N3O6/c1-24(2)34-22(30)20(23(31)35-24)21(28-10-13-4-5-14(25)8-17(13)26)29-15-6-7-16(18(9-15)32-3)19-11-27-12-33-19/h4-9,11-12,28-29H,10H2,1-3H3. The van der Waals surface area contributed by atoms with Crippen LogP contribution in [-0.4, -0.2) is 29.8 Å². The lowest BCUT2D eigenvalue weighted by Gasteiger charge is -2.31. The van der Waals surface area contributed by atoms with E-state index in [1.54, 1.807) is 42.6 Å². The van der Waals surface area contributed by atoms with Crippen molar-refractivity contribution in [2.24, 2.45) is 0 Å². The van der Waals surface area contributed by atoms with Crippen molar-refractivity contribution in [3.8, 4) is 17.1 Å². The summed E-state index contributed by atoms with van der Waals surface area (Å²) in [4.78, 5) is 29.4. The Balaban J connectivity index is 1.69. The highest BCUT2D eigenvalue weighted by atomic mass is 35.5. The second-order valence-electron chi connectivity index (χ2n) is 7.92. The van der Waals surface area contributed by atoms with Gasteiger partial charge < -0.3 is 29.3 Å². The fraction of sp³-hybridized carbons (Fsp3) is 0.208. The van der Waals surface area contributed by atoms with Crippen LogP contribution in [0.2, 0.25) is 10.0 Å². The highest BCUT2D eigenvalue weighted by molar-refractivity contribution is 6.35. The molecule has 0 radical (unpaired) electrons. The molecule has 0 amide bonds. The summed E-state index contributed by atoms with van der Waals surface area (Å²) < 4.78 is 21.4. The summed E-state index contributed by atoms with van der Waals surface area (Å²) in [5.74, 6) is -2.00. The SMILES string of the molecule is COc1cc(NC(NCc2ccc(Cl)cc2Cl)=C2C(=O)OC(C)(C)OC2=O)ccc1-c1cnco1. The molecular formula is C24H21Cl2N3O6. The number of aromatic nitrogens is 1. The van der Waals surface area contributed by atoms with Gasteiger partial charge in [0.2, 0.25) is 0 Å². The van der Waals surface area contributed by atoms with Crippen LogP contribution in [0.3, 0.4) is 0 Å². The lowest BCUT2D eigenvalue weighted by atomic mass is 10.1. The second-order valence-corrected chi connectivity index (χ2v) is 8.77. The number of methoxy groups -OCH3 is 1. The van der Waals surface area contributed by atoms with Crippen molar-refractivity contribution in [1.29, 1.82) is 0 Å². The minimum Gasteiger partial charge on any atom is -0.496 e. The Morgan fingerprint density at radius 1 is 1.09 bits per heavy atom. The minimum atomic E-state index is -1.38. The van der Waals surface area contributed by atoms with E-state index in [1.807, 2.05) is 0 Å². The van der Waals surface area contributed by atoms with Crippen LogP contribution in [0.15, 0.2) is 64.8 Å². The number of oxazole rings is 1. The summed E-state index contributed by atoms with van der Waals surface area (Å²) in [6.07, 6.45) is 2.88. The number of hydrogen-bond donors (Lipinski definition) is 2. The first-order valence-corrected chi connectivity index (χ1v) is 11.1. The van der Waals surface area contributed by atoms with E-state index in [1.165, 1.54) is 27.4 Å². The number of anilines is 1. The van der Waals surface area contributed by atoms with E-state index >= 15 is 0 Å². The van der Waals surface area contributed by atoms with Crippen molar-refractivity contribution in [2.45, 2.75) is 26.2 Å². The van der Waals surface area contributed by atoms with E-state index in [9.17, 15) is 9.59 Å². The number of cyclic esters (lactones) is 2. The number of rotatable bonds is 7. The van der Waals surface area contributed by atoms with Crippen LogP contribution in [-0.2, 0) is 25.6 Å². The maximum absolute atomic E-state index is 12.8. The van der Waals surface area contributed by atoms with E-state index < -0.39 is 17.7 Å². The summed E-state index contributed by atoms with van der Waals surface area (Å²) in [5, 5.41) is 7.01. The molecule has 0 saturated carbocycles. The number of ether oxygens (including phenoxy) is 3. The van der Waals surface area contributed by atoms with Crippen LogP contribution in [0, 0.1) is 0 Å². The van der Waals surface area contributed by atoms with Gasteiger partial charge in [-0.1, -0.05) is 29.3 Å². The number of carbonyl (C=O) groups excluding carboxylic acids is 2. The molecule has 1 aliphatic rings. The molecule has 1 fully saturated rings. The molecule has 1 aliphatic heterocycles. The molecule has 9 nitrogen and oxygen atoms in total. The summed E-state index contributed by atoms with van der Waals surface area (Å²) in [6, 6.07) is 10.2. The molecule has 2 heterocycles. The summed E-state index contributed by atoms with van der Waals surface area (Å²) >= 11 is 12.3. The molecule has 1 aromatic heterocycles. The molecule has 4 rings (SSSR count). The maximum atomic E-state index is 12.8. The van der Waals surface area contributed by atoms with Crippen LogP contribution in [0.25, 0.3) is 11.3 Å². The first kappa shape index (κ1) is 24.4. The molecule has 0 bridgehead atoms. The third-order valence-electron chi connectivity index (χ3n) is 4.97. The van der Waals surface area contributed by atoms with Gasteiger partial charge in [0.05, 0.1) is 18.9 Å². The number of nitrogens with one attached hydrogen (secondary N) is 2. The van der Waals surface area contributed by atoms with E-state index in [-0.39, 0.29) is 17.9 Å². The maximum Gasteiger partial charge on any atom is 0.352 e. The summed E-state index contributed by atoms with van der Waals surface area (Å²) in [6.45, 7) is 3.11. The number of hydrogen-bond acceptors (Lipinski definition) is 9. The zero-order valence-electron chi connectivity index (χ0n) is 19.0. The molecule has 2 N–H and O–H groups in total. The Morgan fingerprint density at radius 3 is 2.46 bits per heavy atom. The summed E-state index contributed by atoms with van der Waals surface area (Å²) in [7, 11) is 1.51. The zero-order valence-corrected chi connectivity index (χ0v) is 20.5. The predicted molar refractivity (Wildman–Crippen MR) is 129 cm³/mol. The van der Waals surface area contributed by atoms with Crippen molar-refractivity contribution < 1.29 is 28.2 Å². The Kier molecular flexibility index (Phi) is 6.90. The number of carbonyl (C=O) groups is 2. The van der Waals surface area contributed by atoms with Gasteiger partial charge in [-0.05, 0) is 29.8 Å². The number of esters is 2. The molecule has 182 valence electrons. The molecule has 0 spiro atoms. The second kappa shape index (κ2) is 9.89. The lowest BCUT2D eigenvalue weighted by Crippen LogP contribution is -2.44. The summed E-state index contributed by atoms with van der Waals surface area (Å²) in [5.41, 5.74) is 1.54. The molecule has 11 heteroatoms. The fourth-order valence-electron chi connectivity index (χ4n) is 3.37.